The Morgan fingerprint density at radius 1 is 1.21 bits per heavy atom. The fraction of sp³-hybridized carbons (Fsp3) is 0. The van der Waals surface area contributed by atoms with Crippen molar-refractivity contribution in [2.45, 2.75) is 0 Å². The largest absolute Gasteiger partial charge is 0.478 e. The van der Waals surface area contributed by atoms with E-state index in [-0.39, 0.29) is 11.5 Å². The summed E-state index contributed by atoms with van der Waals surface area (Å²) in [6, 6.07) is 13.5. The number of carbonyl (C=O) groups is 2. The maximum Gasteiger partial charge on any atom is 0.335 e. The van der Waals surface area contributed by atoms with Crippen molar-refractivity contribution in [1.29, 1.82) is 0 Å². The third-order valence-corrected chi connectivity index (χ3v) is 6.50. The lowest BCUT2D eigenvalue weighted by atomic mass is 10.2. The summed E-state index contributed by atoms with van der Waals surface area (Å²) < 4.78 is 0.344. The van der Waals surface area contributed by atoms with E-state index >= 15 is 0 Å². The molecule has 0 radical (unpaired) electrons. The number of halogens is 1. The van der Waals surface area contributed by atoms with Gasteiger partial charge in [0.05, 0.1) is 21.8 Å². The molecular formula is C20H11ClN2O3S3. The second-order valence-electron chi connectivity index (χ2n) is 5.96. The molecule has 1 aliphatic rings. The molecule has 4 rings (SSSR count). The van der Waals surface area contributed by atoms with Gasteiger partial charge in [-0.25, -0.2) is 9.78 Å². The molecule has 2 heterocycles. The Kier molecular flexibility index (Phi) is 5.51. The van der Waals surface area contributed by atoms with Crippen molar-refractivity contribution in [1.82, 2.24) is 4.98 Å². The van der Waals surface area contributed by atoms with Gasteiger partial charge in [-0.2, -0.15) is 0 Å². The van der Waals surface area contributed by atoms with Crippen LogP contribution < -0.4 is 4.90 Å². The summed E-state index contributed by atoms with van der Waals surface area (Å²) in [7, 11) is 0. The molecule has 0 aliphatic carbocycles. The van der Waals surface area contributed by atoms with Gasteiger partial charge in [0.1, 0.15) is 5.01 Å². The number of thiocarbonyl (C=S) groups is 1. The first-order valence-electron chi connectivity index (χ1n) is 8.25. The number of nitrogens with zero attached hydrogens (tertiary/aromatic N) is 2. The predicted molar refractivity (Wildman–Crippen MR) is 122 cm³/mol. The van der Waals surface area contributed by atoms with E-state index in [9.17, 15) is 14.7 Å². The summed E-state index contributed by atoms with van der Waals surface area (Å²) in [5.41, 5.74) is 2.11. The van der Waals surface area contributed by atoms with Crippen molar-refractivity contribution in [2.75, 3.05) is 4.90 Å². The zero-order valence-corrected chi connectivity index (χ0v) is 17.7. The Bertz CT molecular complexity index is 1170. The van der Waals surface area contributed by atoms with Crippen molar-refractivity contribution in [3.05, 3.63) is 75.1 Å². The molecule has 9 heteroatoms. The molecule has 29 heavy (non-hydrogen) atoms. The minimum Gasteiger partial charge on any atom is -0.478 e. The number of rotatable bonds is 4. The van der Waals surface area contributed by atoms with Crippen LogP contribution in [0.1, 0.15) is 16.1 Å². The fourth-order valence-corrected chi connectivity index (χ4v) is 4.87. The van der Waals surface area contributed by atoms with Crippen LogP contribution in [-0.2, 0) is 4.79 Å². The molecule has 1 aromatic heterocycles. The number of carboxylic acid groups (broad SMARTS) is 1. The van der Waals surface area contributed by atoms with Crippen LogP contribution in [0.5, 0.6) is 0 Å². The number of carboxylic acids is 1. The zero-order chi connectivity index (χ0) is 20.5. The van der Waals surface area contributed by atoms with Crippen molar-refractivity contribution in [3.63, 3.8) is 0 Å². The van der Waals surface area contributed by atoms with Crippen LogP contribution in [0.4, 0.5) is 5.69 Å². The number of hydrogen-bond donors (Lipinski definition) is 1. The molecule has 1 fully saturated rings. The normalized spacial score (nSPS) is 15.3. The highest BCUT2D eigenvalue weighted by Crippen LogP contribution is 2.37. The van der Waals surface area contributed by atoms with Gasteiger partial charge in [0.15, 0.2) is 4.32 Å². The molecular weight excluding hydrogens is 448 g/mol. The van der Waals surface area contributed by atoms with Crippen molar-refractivity contribution in [2.24, 2.45) is 0 Å². The lowest BCUT2D eigenvalue weighted by Crippen LogP contribution is -2.27. The van der Waals surface area contributed by atoms with Gasteiger partial charge in [-0.15, -0.1) is 11.3 Å². The highest BCUT2D eigenvalue weighted by atomic mass is 35.5. The molecule has 3 aromatic rings. The molecule has 0 unspecified atom stereocenters. The maximum absolute atomic E-state index is 12.9. The average molecular weight is 459 g/mol. The fourth-order valence-electron chi connectivity index (χ4n) is 2.68. The van der Waals surface area contributed by atoms with Gasteiger partial charge < -0.3 is 5.11 Å². The number of thiazole rings is 1. The number of anilines is 1. The van der Waals surface area contributed by atoms with E-state index in [0.29, 0.717) is 25.6 Å². The molecule has 0 atom stereocenters. The Hall–Kier alpha value is -2.52. The summed E-state index contributed by atoms with van der Waals surface area (Å²) in [6.45, 7) is 0. The summed E-state index contributed by atoms with van der Waals surface area (Å²) in [4.78, 5) is 30.4. The standard InChI is InChI=1S/C20H11ClN2O3S3/c21-13-6-4-11(5-7-13)17-22-14(10-28-17)9-16-18(24)23(20(27)29-16)15-3-1-2-12(8-15)19(25)26/h1-10H,(H,25,26)/b16-9+. The number of aromatic carboxylic acids is 1. The van der Waals surface area contributed by atoms with E-state index in [1.54, 1.807) is 30.3 Å². The molecule has 1 saturated heterocycles. The van der Waals surface area contributed by atoms with Crippen LogP contribution in [0.25, 0.3) is 16.6 Å². The lowest BCUT2D eigenvalue weighted by Gasteiger charge is -2.14. The van der Waals surface area contributed by atoms with E-state index in [1.165, 1.54) is 28.4 Å². The van der Waals surface area contributed by atoms with Crippen LogP contribution >= 0.6 is 46.9 Å². The minimum absolute atomic E-state index is 0.0904. The third-order valence-electron chi connectivity index (χ3n) is 4.04. The van der Waals surface area contributed by atoms with Gasteiger partial charge >= 0.3 is 5.97 Å². The molecule has 0 saturated carbocycles. The van der Waals surface area contributed by atoms with E-state index in [2.05, 4.69) is 4.98 Å². The molecule has 144 valence electrons. The van der Waals surface area contributed by atoms with Gasteiger partial charge in [0, 0.05) is 16.0 Å². The van der Waals surface area contributed by atoms with Crippen LogP contribution in [0.2, 0.25) is 5.02 Å². The SMILES string of the molecule is O=C(O)c1cccc(N2C(=O)/C(=C\c3csc(-c4ccc(Cl)cc4)n3)SC2=S)c1. The van der Waals surface area contributed by atoms with Crippen LogP contribution in [0.3, 0.4) is 0 Å². The van der Waals surface area contributed by atoms with E-state index in [1.807, 2.05) is 17.5 Å². The first-order valence-corrected chi connectivity index (χ1v) is 10.7. The van der Waals surface area contributed by atoms with Gasteiger partial charge in [-0.3, -0.25) is 9.69 Å². The summed E-state index contributed by atoms with van der Waals surface area (Å²) >= 11 is 13.9. The number of amides is 1. The molecule has 1 aliphatic heterocycles. The van der Waals surface area contributed by atoms with Gasteiger partial charge in [-0.1, -0.05) is 53.8 Å². The first kappa shape index (κ1) is 19.8. The summed E-state index contributed by atoms with van der Waals surface area (Å²) in [5.74, 6) is -1.37. The molecule has 0 bridgehead atoms. The predicted octanol–water partition coefficient (Wildman–Crippen LogP) is 5.57. The topological polar surface area (TPSA) is 70.5 Å². The van der Waals surface area contributed by atoms with Crippen LogP contribution in [0.15, 0.2) is 58.8 Å². The first-order chi connectivity index (χ1) is 13.9. The number of carbonyl (C=O) groups excluding carboxylic acids is 1. The Balaban J connectivity index is 1.60. The number of aromatic nitrogens is 1. The van der Waals surface area contributed by atoms with Gasteiger partial charge in [0.2, 0.25) is 0 Å². The Labute approximate surface area is 184 Å². The second-order valence-corrected chi connectivity index (χ2v) is 8.93. The molecule has 1 N–H and O–H groups in total. The van der Waals surface area contributed by atoms with E-state index in [4.69, 9.17) is 23.8 Å². The second kappa shape index (κ2) is 8.08. The minimum atomic E-state index is -1.06. The molecule has 5 nitrogen and oxygen atoms in total. The highest BCUT2D eigenvalue weighted by molar-refractivity contribution is 8.27. The monoisotopic (exact) mass is 458 g/mol. The van der Waals surface area contributed by atoms with Gasteiger partial charge in [-0.05, 0) is 36.4 Å². The van der Waals surface area contributed by atoms with Crippen molar-refractivity contribution in [3.8, 4) is 10.6 Å². The molecule has 2 aromatic carbocycles. The zero-order valence-electron chi connectivity index (χ0n) is 14.5. The molecule has 1 amide bonds. The highest BCUT2D eigenvalue weighted by Gasteiger charge is 2.33. The van der Waals surface area contributed by atoms with Crippen molar-refractivity contribution >= 4 is 74.9 Å². The van der Waals surface area contributed by atoms with E-state index < -0.39 is 5.97 Å². The number of thioether (sulfide) groups is 1. The number of hydrogen-bond acceptors (Lipinski definition) is 6. The average Bonchev–Trinajstić information content (AvgIpc) is 3.27. The van der Waals surface area contributed by atoms with Crippen LogP contribution in [0, 0.1) is 0 Å². The van der Waals surface area contributed by atoms with E-state index in [0.717, 1.165) is 22.3 Å². The van der Waals surface area contributed by atoms with Crippen molar-refractivity contribution < 1.29 is 14.7 Å². The Morgan fingerprint density at radius 3 is 2.69 bits per heavy atom. The van der Waals surface area contributed by atoms with Crippen LogP contribution in [-0.4, -0.2) is 26.3 Å². The lowest BCUT2D eigenvalue weighted by molar-refractivity contribution is -0.113. The number of benzene rings is 2. The third kappa shape index (κ3) is 4.11. The molecule has 0 spiro atoms. The maximum atomic E-state index is 12.9. The Morgan fingerprint density at radius 2 is 1.97 bits per heavy atom. The summed E-state index contributed by atoms with van der Waals surface area (Å²) in [5, 5.41) is 12.5. The van der Waals surface area contributed by atoms with Gasteiger partial charge in [0.25, 0.3) is 5.91 Å². The summed E-state index contributed by atoms with van der Waals surface area (Å²) in [6.07, 6.45) is 1.69. The smallest absolute Gasteiger partial charge is 0.335 e. The quantitative estimate of drug-likeness (QED) is 0.407.